The zero-order chi connectivity index (χ0) is 11.7. The Hall–Kier alpha value is -1.90. The van der Waals surface area contributed by atoms with E-state index in [0.29, 0.717) is 5.56 Å². The van der Waals surface area contributed by atoms with E-state index < -0.39 is 0 Å². The van der Waals surface area contributed by atoms with E-state index >= 15 is 0 Å². The topological polar surface area (TPSA) is 38.7 Å². The molecule has 0 amide bonds. The van der Waals surface area contributed by atoms with E-state index in [1.54, 1.807) is 0 Å². The van der Waals surface area contributed by atoms with Crippen LogP contribution in [0, 0.1) is 0 Å². The lowest BCUT2D eigenvalue weighted by Crippen LogP contribution is -2.20. The van der Waals surface area contributed by atoms with E-state index in [2.05, 4.69) is 5.16 Å². The fourth-order valence-electron chi connectivity index (χ4n) is 1.85. The molecule has 0 spiro atoms. The molecule has 0 bridgehead atoms. The standard InChI is InChI=1S/C13H13NO2/c1-8-9(2)13(15)11-7-5-4-6-10(11)12(8)14-16-3/h4-7H,1-3H3/b14-12-. The summed E-state index contributed by atoms with van der Waals surface area (Å²) in [5.41, 5.74) is 3.90. The van der Waals surface area contributed by atoms with E-state index in [1.807, 2.05) is 38.1 Å². The first-order valence-corrected chi connectivity index (χ1v) is 5.10. The zero-order valence-electron chi connectivity index (χ0n) is 9.57. The molecule has 1 aliphatic rings. The number of rotatable bonds is 1. The molecule has 3 nitrogen and oxygen atoms in total. The van der Waals surface area contributed by atoms with Crippen LogP contribution in [0.25, 0.3) is 0 Å². The van der Waals surface area contributed by atoms with E-state index in [4.69, 9.17) is 4.84 Å². The number of hydrogen-bond donors (Lipinski definition) is 0. The number of Topliss-reactive ketones (excluding diaryl/α,β-unsaturated/α-hetero) is 1. The second kappa shape index (κ2) is 3.93. The highest BCUT2D eigenvalue weighted by Crippen LogP contribution is 2.26. The normalized spacial score (nSPS) is 17.7. The maximum Gasteiger partial charge on any atom is 0.189 e. The van der Waals surface area contributed by atoms with Gasteiger partial charge in [0.1, 0.15) is 12.8 Å². The fraction of sp³-hybridized carbons (Fsp3) is 0.231. The second-order valence-corrected chi connectivity index (χ2v) is 3.75. The number of carbonyl (C=O) groups is 1. The summed E-state index contributed by atoms with van der Waals surface area (Å²) in [7, 11) is 1.51. The van der Waals surface area contributed by atoms with Gasteiger partial charge in [0.2, 0.25) is 0 Å². The van der Waals surface area contributed by atoms with Crippen molar-refractivity contribution in [3.8, 4) is 0 Å². The lowest BCUT2D eigenvalue weighted by Gasteiger charge is -2.18. The van der Waals surface area contributed by atoms with Crippen LogP contribution in [0.5, 0.6) is 0 Å². The van der Waals surface area contributed by atoms with Gasteiger partial charge < -0.3 is 4.84 Å². The van der Waals surface area contributed by atoms with Crippen molar-refractivity contribution < 1.29 is 9.63 Å². The maximum atomic E-state index is 12.0. The predicted molar refractivity (Wildman–Crippen MR) is 62.7 cm³/mol. The molecule has 0 fully saturated rings. The molecule has 1 aromatic rings. The van der Waals surface area contributed by atoms with Crippen LogP contribution in [0.15, 0.2) is 40.6 Å². The number of hydrogen-bond acceptors (Lipinski definition) is 3. The fourth-order valence-corrected chi connectivity index (χ4v) is 1.85. The third-order valence-electron chi connectivity index (χ3n) is 2.87. The number of allylic oxidation sites excluding steroid dienone is 2. The molecule has 1 aliphatic carbocycles. The van der Waals surface area contributed by atoms with Gasteiger partial charge in [-0.3, -0.25) is 4.79 Å². The number of oxime groups is 1. The van der Waals surface area contributed by atoms with Crippen molar-refractivity contribution in [2.24, 2.45) is 5.16 Å². The van der Waals surface area contributed by atoms with Crippen LogP contribution < -0.4 is 0 Å². The third-order valence-corrected chi connectivity index (χ3v) is 2.87. The monoisotopic (exact) mass is 215 g/mol. The molecule has 0 saturated heterocycles. The number of nitrogens with zero attached hydrogens (tertiary/aromatic N) is 1. The van der Waals surface area contributed by atoms with Gasteiger partial charge in [-0.1, -0.05) is 29.4 Å². The minimum atomic E-state index is 0.0724. The molecule has 0 aliphatic heterocycles. The lowest BCUT2D eigenvalue weighted by atomic mass is 9.85. The molecule has 2 rings (SSSR count). The average molecular weight is 215 g/mol. The smallest absolute Gasteiger partial charge is 0.189 e. The summed E-state index contributed by atoms with van der Waals surface area (Å²) in [6.45, 7) is 3.71. The molecule has 16 heavy (non-hydrogen) atoms. The highest BCUT2D eigenvalue weighted by molar-refractivity contribution is 6.28. The van der Waals surface area contributed by atoms with Gasteiger partial charge in [0.25, 0.3) is 0 Å². The summed E-state index contributed by atoms with van der Waals surface area (Å²) in [5, 5.41) is 4.00. The predicted octanol–water partition coefficient (Wildman–Crippen LogP) is 2.57. The van der Waals surface area contributed by atoms with E-state index in [-0.39, 0.29) is 5.78 Å². The van der Waals surface area contributed by atoms with Crippen molar-refractivity contribution in [1.82, 2.24) is 0 Å². The van der Waals surface area contributed by atoms with Crippen molar-refractivity contribution >= 4 is 11.5 Å². The van der Waals surface area contributed by atoms with E-state index in [9.17, 15) is 4.79 Å². The summed E-state index contributed by atoms with van der Waals surface area (Å²) in [6, 6.07) is 7.46. The van der Waals surface area contributed by atoms with E-state index in [1.165, 1.54) is 7.11 Å². The Morgan fingerprint density at radius 2 is 1.69 bits per heavy atom. The summed E-state index contributed by atoms with van der Waals surface area (Å²) in [4.78, 5) is 16.9. The second-order valence-electron chi connectivity index (χ2n) is 3.75. The van der Waals surface area contributed by atoms with Crippen molar-refractivity contribution in [3.63, 3.8) is 0 Å². The van der Waals surface area contributed by atoms with Gasteiger partial charge in [0.05, 0.1) is 0 Å². The number of fused-ring (bicyclic) bond motifs is 1. The Labute approximate surface area is 94.4 Å². The highest BCUT2D eigenvalue weighted by Gasteiger charge is 2.25. The first-order valence-electron chi connectivity index (χ1n) is 5.10. The van der Waals surface area contributed by atoms with Crippen LogP contribution in [0.3, 0.4) is 0 Å². The maximum absolute atomic E-state index is 12.0. The van der Waals surface area contributed by atoms with Gasteiger partial charge in [-0.2, -0.15) is 0 Å². The minimum absolute atomic E-state index is 0.0724. The van der Waals surface area contributed by atoms with Gasteiger partial charge >= 0.3 is 0 Å². The molecule has 0 N–H and O–H groups in total. The molecular formula is C13H13NO2. The van der Waals surface area contributed by atoms with Crippen LogP contribution in [-0.2, 0) is 4.84 Å². The highest BCUT2D eigenvalue weighted by atomic mass is 16.6. The number of benzene rings is 1. The largest absolute Gasteiger partial charge is 0.399 e. The van der Waals surface area contributed by atoms with E-state index in [0.717, 1.165) is 22.4 Å². The molecule has 3 heteroatoms. The minimum Gasteiger partial charge on any atom is -0.399 e. The van der Waals surface area contributed by atoms with Crippen LogP contribution in [0.2, 0.25) is 0 Å². The molecule has 0 aromatic heterocycles. The average Bonchev–Trinajstić information content (AvgIpc) is 2.32. The molecule has 0 unspecified atom stereocenters. The van der Waals surface area contributed by atoms with Crippen molar-refractivity contribution in [1.29, 1.82) is 0 Å². The molecule has 82 valence electrons. The zero-order valence-corrected chi connectivity index (χ0v) is 9.57. The molecule has 1 aromatic carbocycles. The SMILES string of the molecule is CO/N=C1/C(C)=C(C)C(=O)c2ccccc21. The van der Waals surface area contributed by atoms with Gasteiger partial charge in [-0.15, -0.1) is 0 Å². The van der Waals surface area contributed by atoms with Gasteiger partial charge in [0, 0.05) is 16.7 Å². The Kier molecular flexibility index (Phi) is 2.60. The molecular weight excluding hydrogens is 202 g/mol. The van der Waals surface area contributed by atoms with Crippen LogP contribution >= 0.6 is 0 Å². The van der Waals surface area contributed by atoms with Gasteiger partial charge in [-0.25, -0.2) is 0 Å². The van der Waals surface area contributed by atoms with Crippen molar-refractivity contribution in [3.05, 3.63) is 46.5 Å². The van der Waals surface area contributed by atoms with Crippen LogP contribution in [0.1, 0.15) is 29.8 Å². The molecule has 0 atom stereocenters. The first kappa shape index (κ1) is 10.6. The summed E-state index contributed by atoms with van der Waals surface area (Å²) in [6.07, 6.45) is 0. The van der Waals surface area contributed by atoms with Crippen molar-refractivity contribution in [2.45, 2.75) is 13.8 Å². The third kappa shape index (κ3) is 1.45. The molecule has 0 saturated carbocycles. The number of carbonyl (C=O) groups excluding carboxylic acids is 1. The molecule has 0 radical (unpaired) electrons. The van der Waals surface area contributed by atoms with Crippen molar-refractivity contribution in [2.75, 3.05) is 7.11 Å². The Balaban J connectivity index is 2.71. The van der Waals surface area contributed by atoms with Gasteiger partial charge in [0.15, 0.2) is 5.78 Å². The van der Waals surface area contributed by atoms with Crippen LogP contribution in [-0.4, -0.2) is 18.6 Å². The summed E-state index contributed by atoms with van der Waals surface area (Å²) in [5.74, 6) is 0.0724. The summed E-state index contributed by atoms with van der Waals surface area (Å²) < 4.78 is 0. The lowest BCUT2D eigenvalue weighted by molar-refractivity contribution is 0.103. The Morgan fingerprint density at radius 3 is 2.31 bits per heavy atom. The van der Waals surface area contributed by atoms with Gasteiger partial charge in [-0.05, 0) is 19.4 Å². The van der Waals surface area contributed by atoms with Crippen LogP contribution in [0.4, 0.5) is 0 Å². The number of ketones is 1. The Bertz CT molecular complexity index is 512. The summed E-state index contributed by atoms with van der Waals surface area (Å²) >= 11 is 0. The quantitative estimate of drug-likeness (QED) is 0.675. The molecule has 0 heterocycles. The Morgan fingerprint density at radius 1 is 1.06 bits per heavy atom. The first-order chi connectivity index (χ1) is 7.66.